The van der Waals surface area contributed by atoms with E-state index in [1.165, 1.54) is 5.56 Å². The van der Waals surface area contributed by atoms with E-state index in [-0.39, 0.29) is 11.2 Å². The second-order valence-electron chi connectivity index (χ2n) is 7.51. The number of sulfonamides is 1. The number of rotatable bonds is 5. The summed E-state index contributed by atoms with van der Waals surface area (Å²) in [4.78, 5) is 0. The van der Waals surface area contributed by atoms with Crippen LogP contribution in [0.3, 0.4) is 0 Å². The first-order valence-corrected chi connectivity index (χ1v) is 8.76. The number of primary sulfonamides is 1. The van der Waals surface area contributed by atoms with Gasteiger partial charge in [0.15, 0.2) is 0 Å². The standard InChI is InChI=1S/C16H27NO3S/c1-12-7-8-14(13(9-12)15(2,3)4)20-10-16(5,6)11-21(17,18)19/h7-9H,10-11H2,1-6H3,(H2,17,18,19). The van der Waals surface area contributed by atoms with Gasteiger partial charge in [-0.25, -0.2) is 13.6 Å². The smallest absolute Gasteiger partial charge is 0.209 e. The Bertz CT molecular complexity index is 598. The van der Waals surface area contributed by atoms with Gasteiger partial charge in [0.05, 0.1) is 12.4 Å². The Morgan fingerprint density at radius 1 is 1.14 bits per heavy atom. The third kappa shape index (κ3) is 6.06. The predicted octanol–water partition coefficient (Wildman–Crippen LogP) is 2.99. The van der Waals surface area contributed by atoms with Crippen LogP contribution in [0.2, 0.25) is 0 Å². The summed E-state index contributed by atoms with van der Waals surface area (Å²) in [7, 11) is -3.51. The second kappa shape index (κ2) is 5.97. The van der Waals surface area contributed by atoms with E-state index < -0.39 is 15.4 Å². The van der Waals surface area contributed by atoms with E-state index in [9.17, 15) is 8.42 Å². The fourth-order valence-corrected chi connectivity index (χ4v) is 3.39. The van der Waals surface area contributed by atoms with Gasteiger partial charge < -0.3 is 4.74 Å². The summed E-state index contributed by atoms with van der Waals surface area (Å²) in [5.74, 6) is 0.701. The van der Waals surface area contributed by atoms with E-state index in [1.807, 2.05) is 32.9 Å². The first kappa shape index (κ1) is 18.0. The zero-order valence-electron chi connectivity index (χ0n) is 13.9. The molecule has 0 unspecified atom stereocenters. The molecule has 1 aromatic carbocycles. The van der Waals surface area contributed by atoms with Gasteiger partial charge in [0.25, 0.3) is 0 Å². The predicted molar refractivity (Wildman–Crippen MR) is 87.1 cm³/mol. The normalized spacial score (nSPS) is 13.3. The van der Waals surface area contributed by atoms with Crippen LogP contribution in [-0.4, -0.2) is 20.8 Å². The average Bonchev–Trinajstić information content (AvgIpc) is 2.22. The van der Waals surface area contributed by atoms with Crippen LogP contribution in [0.5, 0.6) is 5.75 Å². The molecule has 0 aliphatic heterocycles. The summed E-state index contributed by atoms with van der Waals surface area (Å²) in [6.07, 6.45) is 0. The molecule has 1 aromatic rings. The Kier molecular flexibility index (Phi) is 5.11. The van der Waals surface area contributed by atoms with Crippen molar-refractivity contribution < 1.29 is 13.2 Å². The van der Waals surface area contributed by atoms with Gasteiger partial charge in [-0.15, -0.1) is 0 Å². The molecule has 2 N–H and O–H groups in total. The maximum atomic E-state index is 11.3. The van der Waals surface area contributed by atoms with E-state index >= 15 is 0 Å². The van der Waals surface area contributed by atoms with Crippen molar-refractivity contribution in [1.82, 2.24) is 0 Å². The highest BCUT2D eigenvalue weighted by Crippen LogP contribution is 2.33. The van der Waals surface area contributed by atoms with Gasteiger partial charge in [0, 0.05) is 5.41 Å². The third-order valence-electron chi connectivity index (χ3n) is 3.15. The minimum Gasteiger partial charge on any atom is -0.493 e. The molecular formula is C16H27NO3S. The van der Waals surface area contributed by atoms with Crippen molar-refractivity contribution in [1.29, 1.82) is 0 Å². The van der Waals surface area contributed by atoms with E-state index in [0.29, 0.717) is 6.61 Å². The lowest BCUT2D eigenvalue weighted by Crippen LogP contribution is -2.34. The first-order valence-electron chi connectivity index (χ1n) is 7.05. The van der Waals surface area contributed by atoms with Crippen LogP contribution in [0.15, 0.2) is 18.2 Å². The summed E-state index contributed by atoms with van der Waals surface area (Å²) >= 11 is 0. The lowest BCUT2D eigenvalue weighted by atomic mass is 9.85. The molecule has 4 nitrogen and oxygen atoms in total. The molecule has 0 saturated carbocycles. The highest BCUT2D eigenvalue weighted by atomic mass is 32.2. The van der Waals surface area contributed by atoms with Crippen molar-refractivity contribution in [3.63, 3.8) is 0 Å². The Morgan fingerprint density at radius 3 is 2.19 bits per heavy atom. The molecule has 0 bridgehead atoms. The van der Waals surface area contributed by atoms with Gasteiger partial charge in [0.1, 0.15) is 5.75 Å². The maximum Gasteiger partial charge on any atom is 0.209 e. The number of hydrogen-bond donors (Lipinski definition) is 1. The minimum atomic E-state index is -3.51. The van der Waals surface area contributed by atoms with Crippen LogP contribution >= 0.6 is 0 Å². The summed E-state index contributed by atoms with van der Waals surface area (Å²) in [5, 5.41) is 5.13. The Labute approximate surface area is 128 Å². The van der Waals surface area contributed by atoms with E-state index in [4.69, 9.17) is 9.88 Å². The molecule has 0 aromatic heterocycles. The largest absolute Gasteiger partial charge is 0.493 e. The van der Waals surface area contributed by atoms with Crippen molar-refractivity contribution >= 4 is 10.0 Å². The number of ether oxygens (including phenoxy) is 1. The van der Waals surface area contributed by atoms with Crippen molar-refractivity contribution in [3.8, 4) is 5.75 Å². The van der Waals surface area contributed by atoms with Crippen molar-refractivity contribution in [3.05, 3.63) is 29.3 Å². The van der Waals surface area contributed by atoms with Gasteiger partial charge in [-0.1, -0.05) is 52.3 Å². The Hall–Kier alpha value is -1.07. The molecule has 0 amide bonds. The molecule has 5 heteroatoms. The van der Waals surface area contributed by atoms with Gasteiger partial charge >= 0.3 is 0 Å². The summed E-state index contributed by atoms with van der Waals surface area (Å²) in [5.41, 5.74) is 1.73. The molecule has 0 fully saturated rings. The van der Waals surface area contributed by atoms with Crippen LogP contribution in [-0.2, 0) is 15.4 Å². The SMILES string of the molecule is Cc1ccc(OCC(C)(C)CS(N)(=O)=O)c(C(C)(C)C)c1. The van der Waals surface area contributed by atoms with Gasteiger partial charge in [-0.05, 0) is 24.0 Å². The average molecular weight is 313 g/mol. The van der Waals surface area contributed by atoms with E-state index in [1.54, 1.807) is 0 Å². The molecule has 21 heavy (non-hydrogen) atoms. The molecule has 1 rings (SSSR count). The van der Waals surface area contributed by atoms with Crippen molar-refractivity contribution in [2.24, 2.45) is 10.6 Å². The molecule has 0 saturated heterocycles. The van der Waals surface area contributed by atoms with Crippen LogP contribution in [0.1, 0.15) is 45.7 Å². The highest BCUT2D eigenvalue weighted by Gasteiger charge is 2.26. The van der Waals surface area contributed by atoms with Crippen LogP contribution in [0.4, 0.5) is 0 Å². The zero-order valence-corrected chi connectivity index (χ0v) is 14.7. The van der Waals surface area contributed by atoms with E-state index in [2.05, 4.69) is 26.8 Å². The monoisotopic (exact) mass is 313 g/mol. The van der Waals surface area contributed by atoms with Gasteiger partial charge in [-0.2, -0.15) is 0 Å². The Morgan fingerprint density at radius 2 is 1.71 bits per heavy atom. The molecular weight excluding hydrogens is 286 g/mol. The second-order valence-corrected chi connectivity index (χ2v) is 9.12. The van der Waals surface area contributed by atoms with Crippen molar-refractivity contribution in [2.45, 2.75) is 47.0 Å². The van der Waals surface area contributed by atoms with Crippen molar-refractivity contribution in [2.75, 3.05) is 12.4 Å². The number of benzene rings is 1. The number of nitrogens with two attached hydrogens (primary N) is 1. The van der Waals surface area contributed by atoms with Crippen LogP contribution < -0.4 is 9.88 Å². The molecule has 0 atom stereocenters. The quantitative estimate of drug-likeness (QED) is 0.908. The van der Waals surface area contributed by atoms with Crippen LogP contribution in [0, 0.1) is 12.3 Å². The molecule has 120 valence electrons. The fourth-order valence-electron chi connectivity index (χ4n) is 2.22. The Balaban J connectivity index is 2.94. The zero-order chi connectivity index (χ0) is 16.5. The topological polar surface area (TPSA) is 69.4 Å². The fraction of sp³-hybridized carbons (Fsp3) is 0.625. The third-order valence-corrected chi connectivity index (χ3v) is 4.34. The summed E-state index contributed by atoms with van der Waals surface area (Å²) in [6.45, 7) is 12.4. The van der Waals surface area contributed by atoms with Crippen LogP contribution in [0.25, 0.3) is 0 Å². The van der Waals surface area contributed by atoms with Gasteiger partial charge in [-0.3, -0.25) is 0 Å². The minimum absolute atomic E-state index is 0.0363. The highest BCUT2D eigenvalue weighted by molar-refractivity contribution is 7.89. The molecule has 0 aliphatic carbocycles. The lowest BCUT2D eigenvalue weighted by Gasteiger charge is -2.27. The van der Waals surface area contributed by atoms with E-state index in [0.717, 1.165) is 11.3 Å². The number of hydrogen-bond acceptors (Lipinski definition) is 3. The summed E-state index contributed by atoms with van der Waals surface area (Å²) in [6, 6.07) is 6.06. The number of aryl methyl sites for hydroxylation is 1. The molecule has 0 spiro atoms. The molecule has 0 radical (unpaired) electrons. The van der Waals surface area contributed by atoms with Gasteiger partial charge in [0.2, 0.25) is 10.0 Å². The maximum absolute atomic E-state index is 11.3. The lowest BCUT2D eigenvalue weighted by molar-refractivity contribution is 0.196. The first-order chi connectivity index (χ1) is 9.30. The molecule has 0 heterocycles. The summed E-state index contributed by atoms with van der Waals surface area (Å²) < 4.78 is 28.4. The molecule has 0 aliphatic rings.